The molecule has 25 heavy (non-hydrogen) atoms. The summed E-state index contributed by atoms with van der Waals surface area (Å²) in [6.07, 6.45) is -13.0. The van der Waals surface area contributed by atoms with Gasteiger partial charge in [-0.25, -0.2) is 13.7 Å². The molecular formula is C7H17O15P3. The third-order valence-electron chi connectivity index (χ3n) is 3.04. The second-order valence-electron chi connectivity index (χ2n) is 4.86. The Morgan fingerprint density at radius 3 is 1.16 bits per heavy atom. The van der Waals surface area contributed by atoms with E-state index < -0.39 is 60.1 Å². The largest absolute Gasteiger partial charge is 0.470 e. The number of ether oxygens (including phenoxy) is 1. The Kier molecular flexibility index (Phi) is 7.50. The SMILES string of the molecule is CO[C@@H]1[C@@H](OP(=O)(O)O)[C@H](OP(=O)(O)O)[C@@H](O)[C@@H](O)[C@H]1OP(=O)(O)O. The Balaban J connectivity index is 3.33. The molecule has 0 spiro atoms. The van der Waals surface area contributed by atoms with E-state index in [2.05, 4.69) is 13.6 Å². The molecule has 15 nitrogen and oxygen atoms in total. The van der Waals surface area contributed by atoms with E-state index in [-0.39, 0.29) is 0 Å². The maximum atomic E-state index is 11.1. The fourth-order valence-electron chi connectivity index (χ4n) is 2.26. The average molecular weight is 434 g/mol. The molecule has 0 amide bonds. The van der Waals surface area contributed by atoms with Crippen LogP contribution < -0.4 is 0 Å². The van der Waals surface area contributed by atoms with Crippen LogP contribution in [0.1, 0.15) is 0 Å². The molecule has 0 bridgehead atoms. The summed E-state index contributed by atoms with van der Waals surface area (Å²) < 4.78 is 50.5. The smallest absolute Gasteiger partial charge is 0.387 e. The van der Waals surface area contributed by atoms with Crippen LogP contribution in [0.4, 0.5) is 0 Å². The van der Waals surface area contributed by atoms with E-state index in [9.17, 15) is 23.9 Å². The second kappa shape index (κ2) is 8.07. The molecule has 0 unspecified atom stereocenters. The van der Waals surface area contributed by atoms with Gasteiger partial charge in [-0.15, -0.1) is 0 Å². The van der Waals surface area contributed by atoms with Gasteiger partial charge < -0.3 is 44.3 Å². The van der Waals surface area contributed by atoms with E-state index in [1.807, 2.05) is 0 Å². The van der Waals surface area contributed by atoms with Gasteiger partial charge in [-0.1, -0.05) is 0 Å². The lowest BCUT2D eigenvalue weighted by Gasteiger charge is -2.45. The highest BCUT2D eigenvalue weighted by Gasteiger charge is 2.57. The Labute approximate surface area is 139 Å². The van der Waals surface area contributed by atoms with Crippen molar-refractivity contribution in [2.24, 2.45) is 0 Å². The summed E-state index contributed by atoms with van der Waals surface area (Å²) in [6, 6.07) is 0. The van der Waals surface area contributed by atoms with Crippen LogP contribution in [-0.4, -0.2) is 83.3 Å². The molecule has 0 heterocycles. The summed E-state index contributed by atoms with van der Waals surface area (Å²) in [5.74, 6) is 0. The molecule has 1 rings (SSSR count). The van der Waals surface area contributed by atoms with Gasteiger partial charge in [0.25, 0.3) is 0 Å². The summed E-state index contributed by atoms with van der Waals surface area (Å²) in [5.41, 5.74) is 0. The first-order valence-corrected chi connectivity index (χ1v) is 10.8. The number of phosphoric acid groups is 3. The summed E-state index contributed by atoms with van der Waals surface area (Å²) in [7, 11) is -15.1. The van der Waals surface area contributed by atoms with E-state index in [1.54, 1.807) is 0 Å². The topological polar surface area (TPSA) is 250 Å². The molecule has 1 saturated carbocycles. The van der Waals surface area contributed by atoms with Crippen molar-refractivity contribution in [3.8, 4) is 0 Å². The van der Waals surface area contributed by atoms with Crippen LogP contribution >= 0.6 is 23.5 Å². The molecule has 0 aromatic carbocycles. The first-order chi connectivity index (χ1) is 11.1. The first kappa shape index (κ1) is 23.2. The quantitative estimate of drug-likeness (QED) is 0.188. The number of methoxy groups -OCH3 is 1. The van der Waals surface area contributed by atoms with Crippen LogP contribution in [0.2, 0.25) is 0 Å². The van der Waals surface area contributed by atoms with Crippen LogP contribution in [0.15, 0.2) is 0 Å². The highest BCUT2D eigenvalue weighted by atomic mass is 31.2. The number of aliphatic hydroxyl groups excluding tert-OH is 2. The Morgan fingerprint density at radius 1 is 0.600 bits per heavy atom. The third-order valence-corrected chi connectivity index (χ3v) is 4.60. The predicted molar refractivity (Wildman–Crippen MR) is 73.6 cm³/mol. The minimum absolute atomic E-state index is 0.857. The number of phosphoric ester groups is 3. The standard InChI is InChI=1S/C7H17O15P3/c1-19-6-4(20-23(10,11)12)2(8)3(9)5(21-24(13,14)15)7(6)22-25(16,17)18/h2-9H,1H3,(H2,10,11,12)(H2,13,14,15)(H2,16,17,18)/t2-,3+,4-,5-,6+,7+/m1/s1. The minimum Gasteiger partial charge on any atom is -0.387 e. The van der Waals surface area contributed by atoms with Gasteiger partial charge in [-0.05, 0) is 0 Å². The van der Waals surface area contributed by atoms with E-state index in [0.717, 1.165) is 7.11 Å². The minimum atomic E-state index is -5.37. The molecule has 6 atom stereocenters. The van der Waals surface area contributed by atoms with Crippen molar-refractivity contribution in [3.05, 3.63) is 0 Å². The molecule has 0 radical (unpaired) electrons. The molecule has 1 fully saturated rings. The van der Waals surface area contributed by atoms with Crippen molar-refractivity contribution in [2.45, 2.75) is 36.6 Å². The van der Waals surface area contributed by atoms with Gasteiger partial charge in [-0.2, -0.15) is 0 Å². The van der Waals surface area contributed by atoms with Gasteiger partial charge in [0.15, 0.2) is 0 Å². The molecular weight excluding hydrogens is 417 g/mol. The Hall–Kier alpha value is 0.210. The van der Waals surface area contributed by atoms with Crippen LogP contribution in [-0.2, 0) is 32.0 Å². The lowest BCUT2D eigenvalue weighted by Crippen LogP contribution is -2.65. The highest BCUT2D eigenvalue weighted by Crippen LogP contribution is 2.49. The van der Waals surface area contributed by atoms with Gasteiger partial charge in [0.1, 0.15) is 36.6 Å². The monoisotopic (exact) mass is 434 g/mol. The van der Waals surface area contributed by atoms with Crippen molar-refractivity contribution in [1.82, 2.24) is 0 Å². The van der Waals surface area contributed by atoms with Crippen LogP contribution in [0.3, 0.4) is 0 Å². The molecule has 18 heteroatoms. The molecule has 0 aliphatic heterocycles. The third kappa shape index (κ3) is 7.03. The normalized spacial score (nSPS) is 34.9. The molecule has 0 aromatic rings. The molecule has 8 N–H and O–H groups in total. The fourth-order valence-corrected chi connectivity index (χ4v) is 3.94. The lowest BCUT2D eigenvalue weighted by atomic mass is 9.85. The van der Waals surface area contributed by atoms with Gasteiger partial charge in [0.05, 0.1) is 0 Å². The fraction of sp³-hybridized carbons (Fsp3) is 1.00. The van der Waals surface area contributed by atoms with Crippen molar-refractivity contribution < 1.29 is 71.6 Å². The highest BCUT2D eigenvalue weighted by molar-refractivity contribution is 7.46. The van der Waals surface area contributed by atoms with Crippen molar-refractivity contribution in [3.63, 3.8) is 0 Å². The zero-order valence-corrected chi connectivity index (χ0v) is 14.9. The number of hydrogen-bond donors (Lipinski definition) is 8. The van der Waals surface area contributed by atoms with Crippen molar-refractivity contribution in [1.29, 1.82) is 0 Å². The van der Waals surface area contributed by atoms with Gasteiger partial charge in [0, 0.05) is 7.11 Å². The zero-order valence-electron chi connectivity index (χ0n) is 12.2. The summed E-state index contributed by atoms with van der Waals surface area (Å²) >= 11 is 0. The first-order valence-electron chi connectivity index (χ1n) is 6.16. The molecule has 150 valence electrons. The van der Waals surface area contributed by atoms with E-state index in [1.165, 1.54) is 0 Å². The Morgan fingerprint density at radius 2 is 0.880 bits per heavy atom. The van der Waals surface area contributed by atoms with E-state index in [4.69, 9.17) is 34.1 Å². The molecule has 0 saturated heterocycles. The Bertz CT molecular complexity index is 590. The van der Waals surface area contributed by atoms with Crippen LogP contribution in [0.25, 0.3) is 0 Å². The summed E-state index contributed by atoms with van der Waals surface area (Å²) in [4.78, 5) is 53.2. The summed E-state index contributed by atoms with van der Waals surface area (Å²) in [6.45, 7) is 0. The lowest BCUT2D eigenvalue weighted by molar-refractivity contribution is -0.219. The second-order valence-corrected chi connectivity index (χ2v) is 8.44. The maximum absolute atomic E-state index is 11.1. The van der Waals surface area contributed by atoms with E-state index in [0.29, 0.717) is 0 Å². The summed E-state index contributed by atoms with van der Waals surface area (Å²) in [5, 5.41) is 19.8. The van der Waals surface area contributed by atoms with E-state index >= 15 is 0 Å². The van der Waals surface area contributed by atoms with Gasteiger partial charge >= 0.3 is 23.5 Å². The number of hydrogen-bond acceptors (Lipinski definition) is 9. The van der Waals surface area contributed by atoms with Crippen LogP contribution in [0, 0.1) is 0 Å². The maximum Gasteiger partial charge on any atom is 0.470 e. The van der Waals surface area contributed by atoms with Gasteiger partial charge in [0.2, 0.25) is 0 Å². The predicted octanol–water partition coefficient (Wildman–Crippen LogP) is -2.83. The number of rotatable bonds is 7. The van der Waals surface area contributed by atoms with Crippen molar-refractivity contribution in [2.75, 3.05) is 7.11 Å². The molecule has 0 aromatic heterocycles. The molecule has 1 aliphatic carbocycles. The van der Waals surface area contributed by atoms with Crippen LogP contribution in [0.5, 0.6) is 0 Å². The number of aliphatic hydroxyl groups is 2. The molecule has 1 aliphatic rings. The average Bonchev–Trinajstić information content (AvgIpc) is 2.36. The zero-order chi connectivity index (χ0) is 19.8. The van der Waals surface area contributed by atoms with Crippen molar-refractivity contribution >= 4 is 23.5 Å². The van der Waals surface area contributed by atoms with Gasteiger partial charge in [-0.3, -0.25) is 13.6 Å².